The van der Waals surface area contributed by atoms with E-state index < -0.39 is 0 Å². The monoisotopic (exact) mass is 180 g/mol. The van der Waals surface area contributed by atoms with E-state index in [1.54, 1.807) is 0 Å². The van der Waals surface area contributed by atoms with Gasteiger partial charge in [-0.25, -0.2) is 0 Å². The van der Waals surface area contributed by atoms with Crippen molar-refractivity contribution in [3.05, 3.63) is 12.4 Å². The number of hydrogen-bond donors (Lipinski definition) is 2. The van der Waals surface area contributed by atoms with Crippen LogP contribution in [0.2, 0.25) is 0 Å². The van der Waals surface area contributed by atoms with E-state index in [0.29, 0.717) is 11.8 Å². The number of H-pyrrole nitrogens is 2. The molecule has 0 aliphatic carbocycles. The second-order valence-electron chi connectivity index (χ2n) is 2.03. The van der Waals surface area contributed by atoms with E-state index >= 15 is 0 Å². The van der Waals surface area contributed by atoms with Crippen LogP contribution in [0.25, 0.3) is 0 Å². The SMILES string of the molecule is B(Oc1c[nH]nn1)Oc1c[nH]nn1. The average molecular weight is 180 g/mol. The molecule has 0 aliphatic heterocycles. The maximum atomic E-state index is 5.01. The van der Waals surface area contributed by atoms with E-state index in [2.05, 4.69) is 30.8 Å². The molecular weight excluding hydrogens is 175 g/mol. The molecule has 13 heavy (non-hydrogen) atoms. The van der Waals surface area contributed by atoms with Crippen molar-refractivity contribution in [1.82, 2.24) is 30.8 Å². The summed E-state index contributed by atoms with van der Waals surface area (Å²) in [4.78, 5) is 0. The van der Waals surface area contributed by atoms with Gasteiger partial charge in [0.25, 0.3) is 0 Å². The van der Waals surface area contributed by atoms with Crippen molar-refractivity contribution in [2.75, 3.05) is 0 Å². The summed E-state index contributed by atoms with van der Waals surface area (Å²) < 4.78 is 10.0. The smallest absolute Gasteiger partial charge is 0.512 e. The fourth-order valence-electron chi connectivity index (χ4n) is 0.673. The van der Waals surface area contributed by atoms with Gasteiger partial charge in [0.2, 0.25) is 11.8 Å². The topological polar surface area (TPSA) is 102 Å². The zero-order valence-electron chi connectivity index (χ0n) is 6.47. The summed E-state index contributed by atoms with van der Waals surface area (Å²) >= 11 is 0. The van der Waals surface area contributed by atoms with Crippen molar-refractivity contribution in [3.8, 4) is 11.8 Å². The van der Waals surface area contributed by atoms with Crippen molar-refractivity contribution < 1.29 is 9.31 Å². The summed E-state index contributed by atoms with van der Waals surface area (Å²) in [6.07, 6.45) is 3.01. The molecule has 0 bridgehead atoms. The predicted octanol–water partition coefficient (Wildman–Crippen LogP) is -1.35. The molecule has 0 saturated carbocycles. The normalized spacial score (nSPS) is 9.54. The van der Waals surface area contributed by atoms with Crippen LogP contribution in [-0.2, 0) is 0 Å². The molecule has 0 spiro atoms. The molecule has 2 aromatic heterocycles. The number of rotatable bonds is 4. The quantitative estimate of drug-likeness (QED) is 0.563. The van der Waals surface area contributed by atoms with Gasteiger partial charge in [0.05, 0.1) is 12.4 Å². The summed E-state index contributed by atoms with van der Waals surface area (Å²) in [6, 6.07) is 0. The van der Waals surface area contributed by atoms with Crippen molar-refractivity contribution in [1.29, 1.82) is 0 Å². The lowest BCUT2D eigenvalue weighted by Crippen LogP contribution is -2.11. The van der Waals surface area contributed by atoms with E-state index in [4.69, 9.17) is 9.31 Å². The average Bonchev–Trinajstić information content (AvgIpc) is 2.75. The Kier molecular flexibility index (Phi) is 2.08. The molecular formula is C4H5BN6O2. The number of hydrogen-bond acceptors (Lipinski definition) is 6. The standard InChI is InChI=1S/C4H5BN6O2/c1-3(8-10-6-1)12-5-13-4-2-7-11-9-4/h1-2,5H,(H,6,8,10)(H,7,9,11). The molecule has 0 fully saturated rings. The van der Waals surface area contributed by atoms with E-state index in [-0.39, 0.29) is 7.69 Å². The molecule has 2 rings (SSSR count). The van der Waals surface area contributed by atoms with Crippen LogP contribution in [0.3, 0.4) is 0 Å². The molecule has 0 saturated heterocycles. The molecule has 9 heteroatoms. The van der Waals surface area contributed by atoms with Crippen LogP contribution in [0.4, 0.5) is 0 Å². The Bertz CT molecular complexity index is 299. The molecule has 0 atom stereocenters. The highest BCUT2D eigenvalue weighted by atomic mass is 16.6. The van der Waals surface area contributed by atoms with E-state index in [9.17, 15) is 0 Å². The number of nitrogens with one attached hydrogen (secondary N) is 2. The maximum Gasteiger partial charge on any atom is 0.578 e. The Morgan fingerprint density at radius 2 is 1.54 bits per heavy atom. The minimum atomic E-state index is 0.0130. The van der Waals surface area contributed by atoms with Crippen LogP contribution in [-0.4, -0.2) is 38.5 Å². The summed E-state index contributed by atoms with van der Waals surface area (Å²) in [5, 5.41) is 19.1. The first-order valence-electron chi connectivity index (χ1n) is 3.43. The molecule has 0 aliphatic rings. The molecule has 2 N–H and O–H groups in total. The van der Waals surface area contributed by atoms with Gasteiger partial charge in [-0.05, 0) is 0 Å². The van der Waals surface area contributed by atoms with Gasteiger partial charge in [-0.2, -0.15) is 0 Å². The van der Waals surface area contributed by atoms with Gasteiger partial charge >= 0.3 is 7.69 Å². The molecule has 2 heterocycles. The molecule has 0 aromatic carbocycles. The highest BCUT2D eigenvalue weighted by Gasteiger charge is 2.02. The lowest BCUT2D eigenvalue weighted by atomic mass is 10.4. The van der Waals surface area contributed by atoms with Gasteiger partial charge in [0.15, 0.2) is 0 Å². The first-order chi connectivity index (χ1) is 6.45. The third-order valence-electron chi connectivity index (χ3n) is 1.20. The fraction of sp³-hybridized carbons (Fsp3) is 0. The lowest BCUT2D eigenvalue weighted by molar-refractivity contribution is 0.438. The lowest BCUT2D eigenvalue weighted by Gasteiger charge is -1.98. The molecule has 0 unspecified atom stereocenters. The first kappa shape index (κ1) is 7.59. The zero-order valence-corrected chi connectivity index (χ0v) is 6.47. The third-order valence-corrected chi connectivity index (χ3v) is 1.20. The molecule has 0 radical (unpaired) electrons. The van der Waals surface area contributed by atoms with E-state index in [1.807, 2.05) is 0 Å². The third kappa shape index (κ3) is 1.95. The zero-order chi connectivity index (χ0) is 8.93. The first-order valence-corrected chi connectivity index (χ1v) is 3.43. The van der Waals surface area contributed by atoms with Crippen LogP contribution in [0, 0.1) is 0 Å². The Hall–Kier alpha value is -2.06. The summed E-state index contributed by atoms with van der Waals surface area (Å²) in [7, 11) is 0.0130. The number of aromatic amines is 2. The van der Waals surface area contributed by atoms with Gasteiger partial charge in [-0.3, -0.25) is 10.2 Å². The maximum absolute atomic E-state index is 5.01. The Labute approximate surface area is 72.9 Å². The van der Waals surface area contributed by atoms with Crippen molar-refractivity contribution in [3.63, 3.8) is 0 Å². The van der Waals surface area contributed by atoms with Gasteiger partial charge in [0, 0.05) is 0 Å². The molecule has 8 nitrogen and oxygen atoms in total. The van der Waals surface area contributed by atoms with Crippen LogP contribution in [0.15, 0.2) is 12.4 Å². The van der Waals surface area contributed by atoms with Crippen molar-refractivity contribution in [2.45, 2.75) is 0 Å². The highest BCUT2D eigenvalue weighted by molar-refractivity contribution is 6.20. The van der Waals surface area contributed by atoms with Gasteiger partial charge in [-0.1, -0.05) is 20.6 Å². The molecule has 66 valence electrons. The predicted molar refractivity (Wildman–Crippen MR) is 41.2 cm³/mol. The van der Waals surface area contributed by atoms with Crippen LogP contribution >= 0.6 is 0 Å². The molecule has 0 amide bonds. The largest absolute Gasteiger partial charge is 0.578 e. The van der Waals surface area contributed by atoms with E-state index in [0.717, 1.165) is 0 Å². The number of nitrogens with zero attached hydrogens (tertiary/aromatic N) is 4. The summed E-state index contributed by atoms with van der Waals surface area (Å²) in [6.45, 7) is 0. The summed E-state index contributed by atoms with van der Waals surface area (Å²) in [5.74, 6) is 0.729. The van der Waals surface area contributed by atoms with Gasteiger partial charge < -0.3 is 9.31 Å². The fourth-order valence-corrected chi connectivity index (χ4v) is 0.673. The minimum absolute atomic E-state index is 0.0130. The Morgan fingerprint density at radius 3 is 1.92 bits per heavy atom. The van der Waals surface area contributed by atoms with Crippen LogP contribution in [0.5, 0.6) is 11.8 Å². The van der Waals surface area contributed by atoms with Crippen LogP contribution < -0.4 is 9.31 Å². The van der Waals surface area contributed by atoms with Gasteiger partial charge in [0.1, 0.15) is 0 Å². The second kappa shape index (κ2) is 3.56. The van der Waals surface area contributed by atoms with Crippen molar-refractivity contribution >= 4 is 7.69 Å². The van der Waals surface area contributed by atoms with Crippen LogP contribution in [0.1, 0.15) is 0 Å². The highest BCUT2D eigenvalue weighted by Crippen LogP contribution is 2.01. The Morgan fingerprint density at radius 1 is 1.00 bits per heavy atom. The van der Waals surface area contributed by atoms with Gasteiger partial charge in [-0.15, -0.1) is 0 Å². The second-order valence-corrected chi connectivity index (χ2v) is 2.03. The van der Waals surface area contributed by atoms with E-state index in [1.165, 1.54) is 12.4 Å². The summed E-state index contributed by atoms with van der Waals surface area (Å²) in [5.41, 5.74) is 0. The molecule has 2 aromatic rings. The number of aromatic nitrogens is 6. The minimum Gasteiger partial charge on any atom is -0.512 e. The van der Waals surface area contributed by atoms with Crippen molar-refractivity contribution in [2.24, 2.45) is 0 Å². The Balaban J connectivity index is 1.76.